The lowest BCUT2D eigenvalue weighted by Crippen LogP contribution is -2.20. The van der Waals surface area contributed by atoms with E-state index in [1.54, 1.807) is 6.92 Å². The lowest BCUT2D eigenvalue weighted by atomic mass is 10.1. The lowest BCUT2D eigenvalue weighted by molar-refractivity contribution is -0.122. The Bertz CT molecular complexity index is 558. The minimum absolute atomic E-state index is 0.0294. The van der Waals surface area contributed by atoms with Crippen LogP contribution in [0.5, 0.6) is 5.75 Å². The van der Waals surface area contributed by atoms with Crippen molar-refractivity contribution < 1.29 is 9.53 Å². The zero-order valence-corrected chi connectivity index (χ0v) is 13.0. The van der Waals surface area contributed by atoms with E-state index in [9.17, 15) is 4.79 Å². The third-order valence-electron chi connectivity index (χ3n) is 2.92. The predicted molar refractivity (Wildman–Crippen MR) is 85.4 cm³/mol. The zero-order chi connectivity index (χ0) is 13.8. The van der Waals surface area contributed by atoms with Crippen molar-refractivity contribution in [3.05, 3.63) is 52.1 Å². The minimum atomic E-state index is -0.399. The molecule has 0 aliphatic rings. The van der Waals surface area contributed by atoms with E-state index in [2.05, 4.69) is 46.9 Å². The van der Waals surface area contributed by atoms with Gasteiger partial charge in [0, 0.05) is 3.57 Å². The van der Waals surface area contributed by atoms with Gasteiger partial charge in [-0.05, 0) is 71.8 Å². The Morgan fingerprint density at radius 3 is 1.95 bits per heavy atom. The molecule has 3 heteroatoms. The first-order chi connectivity index (χ1) is 9.06. The summed E-state index contributed by atoms with van der Waals surface area (Å²) in [4.78, 5) is 11.1. The summed E-state index contributed by atoms with van der Waals surface area (Å²) in [5.74, 6) is 0.749. The number of carbonyl (C=O) groups excluding carboxylic acids is 1. The third-order valence-corrected chi connectivity index (χ3v) is 3.64. The summed E-state index contributed by atoms with van der Waals surface area (Å²) < 4.78 is 6.75. The van der Waals surface area contributed by atoms with E-state index in [0.717, 1.165) is 11.3 Å². The summed E-state index contributed by atoms with van der Waals surface area (Å²) in [7, 11) is 0. The Kier molecular flexibility index (Phi) is 4.58. The van der Waals surface area contributed by atoms with E-state index in [1.807, 2.05) is 24.3 Å². The van der Waals surface area contributed by atoms with E-state index >= 15 is 0 Å². The molecule has 1 atom stereocenters. The number of ketones is 1. The van der Waals surface area contributed by atoms with Crippen LogP contribution >= 0.6 is 22.6 Å². The largest absolute Gasteiger partial charge is 0.483 e. The van der Waals surface area contributed by atoms with Crippen molar-refractivity contribution in [2.75, 3.05) is 0 Å². The van der Waals surface area contributed by atoms with Crippen molar-refractivity contribution in [1.82, 2.24) is 0 Å². The molecule has 0 aliphatic carbocycles. The number of benzene rings is 2. The molecule has 19 heavy (non-hydrogen) atoms. The van der Waals surface area contributed by atoms with Gasteiger partial charge >= 0.3 is 0 Å². The smallest absolute Gasteiger partial charge is 0.169 e. The van der Waals surface area contributed by atoms with Gasteiger partial charge in [-0.15, -0.1) is 0 Å². The van der Waals surface area contributed by atoms with Crippen LogP contribution in [0.25, 0.3) is 11.1 Å². The molecule has 2 aromatic rings. The van der Waals surface area contributed by atoms with Crippen molar-refractivity contribution in [3.8, 4) is 16.9 Å². The quantitative estimate of drug-likeness (QED) is 0.754. The summed E-state index contributed by atoms with van der Waals surface area (Å²) in [6, 6.07) is 16.1. The highest BCUT2D eigenvalue weighted by atomic mass is 127. The number of rotatable bonds is 4. The third kappa shape index (κ3) is 3.80. The molecular formula is C16H15IO2. The first kappa shape index (κ1) is 14.1. The maximum Gasteiger partial charge on any atom is 0.169 e. The Morgan fingerprint density at radius 2 is 1.47 bits per heavy atom. The zero-order valence-electron chi connectivity index (χ0n) is 10.9. The maximum atomic E-state index is 11.1. The van der Waals surface area contributed by atoms with Crippen LogP contribution < -0.4 is 4.74 Å². The summed E-state index contributed by atoms with van der Waals surface area (Å²) in [5.41, 5.74) is 2.31. The molecule has 2 rings (SSSR count). The second-order valence-electron chi connectivity index (χ2n) is 4.40. The molecule has 2 nitrogen and oxygen atoms in total. The van der Waals surface area contributed by atoms with Crippen LogP contribution in [0.15, 0.2) is 48.5 Å². The summed E-state index contributed by atoms with van der Waals surface area (Å²) >= 11 is 2.29. The van der Waals surface area contributed by atoms with Crippen molar-refractivity contribution in [1.29, 1.82) is 0 Å². The van der Waals surface area contributed by atoms with E-state index in [4.69, 9.17) is 4.74 Å². The highest BCUT2D eigenvalue weighted by Crippen LogP contribution is 2.23. The van der Waals surface area contributed by atoms with E-state index < -0.39 is 6.10 Å². The van der Waals surface area contributed by atoms with Crippen LogP contribution in [0.2, 0.25) is 0 Å². The predicted octanol–water partition coefficient (Wildman–Crippen LogP) is 4.31. The fourth-order valence-electron chi connectivity index (χ4n) is 1.66. The number of halogens is 1. The van der Waals surface area contributed by atoms with Crippen molar-refractivity contribution in [2.45, 2.75) is 20.0 Å². The molecule has 0 saturated heterocycles. The first-order valence-corrected chi connectivity index (χ1v) is 7.17. The van der Waals surface area contributed by atoms with Gasteiger partial charge in [0.25, 0.3) is 0 Å². The molecule has 0 N–H and O–H groups in total. The van der Waals surface area contributed by atoms with Gasteiger partial charge < -0.3 is 4.74 Å². The van der Waals surface area contributed by atoms with Crippen LogP contribution in [0, 0.1) is 3.57 Å². The van der Waals surface area contributed by atoms with Gasteiger partial charge in [0.15, 0.2) is 11.9 Å². The molecular weight excluding hydrogens is 351 g/mol. The van der Waals surface area contributed by atoms with Gasteiger partial charge in [-0.1, -0.05) is 24.3 Å². The molecule has 0 bridgehead atoms. The van der Waals surface area contributed by atoms with Crippen molar-refractivity contribution in [3.63, 3.8) is 0 Å². The van der Waals surface area contributed by atoms with Crippen LogP contribution in [-0.2, 0) is 4.79 Å². The van der Waals surface area contributed by atoms with Crippen LogP contribution in [0.4, 0.5) is 0 Å². The topological polar surface area (TPSA) is 26.3 Å². The minimum Gasteiger partial charge on any atom is -0.483 e. The molecule has 2 aromatic carbocycles. The molecule has 0 amide bonds. The Hall–Kier alpha value is -1.36. The van der Waals surface area contributed by atoms with Gasteiger partial charge in [0.05, 0.1) is 0 Å². The van der Waals surface area contributed by atoms with E-state index in [-0.39, 0.29) is 5.78 Å². The average molecular weight is 366 g/mol. The highest BCUT2D eigenvalue weighted by Gasteiger charge is 2.08. The fraction of sp³-hybridized carbons (Fsp3) is 0.188. The van der Waals surface area contributed by atoms with Crippen molar-refractivity contribution in [2.24, 2.45) is 0 Å². The van der Waals surface area contributed by atoms with Crippen LogP contribution in [0.3, 0.4) is 0 Å². The monoisotopic (exact) mass is 366 g/mol. The first-order valence-electron chi connectivity index (χ1n) is 6.09. The fourth-order valence-corrected chi connectivity index (χ4v) is 2.01. The summed E-state index contributed by atoms with van der Waals surface area (Å²) in [6.45, 7) is 3.29. The summed E-state index contributed by atoms with van der Waals surface area (Å²) in [5, 5.41) is 0. The maximum absolute atomic E-state index is 11.1. The molecule has 0 saturated carbocycles. The standard InChI is InChI=1S/C16H15IO2/c1-11(18)12(2)19-16-9-5-14(6-10-16)13-3-7-15(17)8-4-13/h3-10,12H,1-2H3/t12-/m1/s1. The Labute approximate surface area is 126 Å². The van der Waals surface area contributed by atoms with Crippen molar-refractivity contribution >= 4 is 28.4 Å². The molecule has 98 valence electrons. The van der Waals surface area contributed by atoms with Crippen LogP contribution in [0.1, 0.15) is 13.8 Å². The number of ether oxygens (including phenoxy) is 1. The van der Waals surface area contributed by atoms with Gasteiger partial charge in [-0.3, -0.25) is 4.79 Å². The van der Waals surface area contributed by atoms with Gasteiger partial charge in [-0.2, -0.15) is 0 Å². The molecule has 0 spiro atoms. The second kappa shape index (κ2) is 6.19. The van der Waals surface area contributed by atoms with Gasteiger partial charge in [0.1, 0.15) is 5.75 Å². The molecule has 0 fully saturated rings. The highest BCUT2D eigenvalue weighted by molar-refractivity contribution is 14.1. The van der Waals surface area contributed by atoms with E-state index in [1.165, 1.54) is 16.1 Å². The number of hydrogen-bond acceptors (Lipinski definition) is 2. The molecule has 0 radical (unpaired) electrons. The van der Waals surface area contributed by atoms with Gasteiger partial charge in [0.2, 0.25) is 0 Å². The molecule has 0 unspecified atom stereocenters. The summed E-state index contributed by atoms with van der Waals surface area (Å²) in [6.07, 6.45) is -0.399. The lowest BCUT2D eigenvalue weighted by Gasteiger charge is -2.12. The molecule has 0 aliphatic heterocycles. The average Bonchev–Trinajstić information content (AvgIpc) is 2.40. The number of Topliss-reactive ketones (excluding diaryl/α,β-unsaturated/α-hetero) is 1. The van der Waals surface area contributed by atoms with Crippen LogP contribution in [-0.4, -0.2) is 11.9 Å². The number of carbonyl (C=O) groups is 1. The molecule has 0 heterocycles. The molecule has 0 aromatic heterocycles. The Morgan fingerprint density at radius 1 is 1.00 bits per heavy atom. The second-order valence-corrected chi connectivity index (χ2v) is 5.65. The normalized spacial score (nSPS) is 11.9. The van der Waals surface area contributed by atoms with E-state index in [0.29, 0.717) is 0 Å². The number of hydrogen-bond donors (Lipinski definition) is 0. The van der Waals surface area contributed by atoms with Gasteiger partial charge in [-0.25, -0.2) is 0 Å². The SMILES string of the molecule is CC(=O)[C@@H](C)Oc1ccc(-c2ccc(I)cc2)cc1. The Balaban J connectivity index is 2.14.